The van der Waals surface area contributed by atoms with Gasteiger partial charge in [0.15, 0.2) is 0 Å². The molecule has 4 N–H and O–H groups in total. The second kappa shape index (κ2) is 7.73. The first-order valence-corrected chi connectivity index (χ1v) is 6.65. The molecule has 18 heavy (non-hydrogen) atoms. The maximum Gasteiger partial charge on any atom is 0.307 e. The molecule has 1 aromatic carbocycles. The van der Waals surface area contributed by atoms with Crippen molar-refractivity contribution in [3.63, 3.8) is 0 Å². The van der Waals surface area contributed by atoms with E-state index in [-0.39, 0.29) is 12.3 Å². The third-order valence-corrected chi connectivity index (χ3v) is 3.08. The number of benzene rings is 1. The van der Waals surface area contributed by atoms with Gasteiger partial charge in [-0.25, -0.2) is 0 Å². The van der Waals surface area contributed by atoms with Crippen molar-refractivity contribution in [1.82, 2.24) is 0 Å². The number of nitrogens with two attached hydrogens (primary N) is 1. The van der Waals surface area contributed by atoms with E-state index in [0.717, 1.165) is 5.75 Å². The Labute approximate surface area is 110 Å². The fraction of sp³-hybridized carbons (Fsp3) is 0.333. The van der Waals surface area contributed by atoms with Gasteiger partial charge >= 0.3 is 5.97 Å². The molecule has 1 aromatic rings. The molecule has 0 aliphatic rings. The summed E-state index contributed by atoms with van der Waals surface area (Å²) in [7, 11) is 0. The highest BCUT2D eigenvalue weighted by atomic mass is 32.2. The summed E-state index contributed by atoms with van der Waals surface area (Å²) in [5.74, 6) is 0.170. The zero-order valence-electron chi connectivity index (χ0n) is 9.89. The van der Waals surface area contributed by atoms with E-state index < -0.39 is 5.97 Å². The van der Waals surface area contributed by atoms with Crippen LogP contribution in [0.25, 0.3) is 0 Å². The zero-order chi connectivity index (χ0) is 13.4. The number of thioether (sulfide) groups is 1. The van der Waals surface area contributed by atoms with Crippen LogP contribution in [-0.4, -0.2) is 35.0 Å². The Bertz CT molecular complexity index is 406. The lowest BCUT2D eigenvalue weighted by molar-refractivity contribution is -0.136. The lowest BCUT2D eigenvalue weighted by Crippen LogP contribution is -2.15. The van der Waals surface area contributed by atoms with E-state index in [1.54, 1.807) is 24.3 Å². The molecule has 1 amide bonds. The predicted octanol–water partition coefficient (Wildman–Crippen LogP) is 0.944. The molecule has 0 saturated carbocycles. The van der Waals surface area contributed by atoms with Gasteiger partial charge in [0.05, 0.1) is 12.2 Å². The van der Waals surface area contributed by atoms with Crippen LogP contribution in [-0.2, 0) is 16.0 Å². The van der Waals surface area contributed by atoms with Gasteiger partial charge in [0, 0.05) is 18.0 Å². The van der Waals surface area contributed by atoms with E-state index in [2.05, 4.69) is 5.32 Å². The summed E-state index contributed by atoms with van der Waals surface area (Å²) in [5.41, 5.74) is 6.70. The molecule has 0 atom stereocenters. The minimum absolute atomic E-state index is 0.0133. The van der Waals surface area contributed by atoms with Crippen LogP contribution < -0.4 is 11.1 Å². The number of rotatable bonds is 7. The smallest absolute Gasteiger partial charge is 0.307 e. The summed E-state index contributed by atoms with van der Waals surface area (Å²) >= 11 is 1.48. The van der Waals surface area contributed by atoms with Crippen LogP contribution in [0.4, 0.5) is 5.69 Å². The van der Waals surface area contributed by atoms with Gasteiger partial charge in [-0.2, -0.15) is 11.8 Å². The quantitative estimate of drug-likeness (QED) is 0.640. The normalized spacial score (nSPS) is 10.1. The van der Waals surface area contributed by atoms with Gasteiger partial charge in [-0.1, -0.05) is 12.1 Å². The first-order chi connectivity index (χ1) is 8.61. The molecule has 0 aliphatic heterocycles. The molecular formula is C12H16N2O3S. The average molecular weight is 268 g/mol. The molecule has 0 fully saturated rings. The molecule has 6 heteroatoms. The summed E-state index contributed by atoms with van der Waals surface area (Å²) in [5, 5.41) is 11.4. The number of amides is 1. The van der Waals surface area contributed by atoms with E-state index in [0.29, 0.717) is 23.5 Å². The largest absolute Gasteiger partial charge is 0.481 e. The number of nitrogens with one attached hydrogen (secondary N) is 1. The highest BCUT2D eigenvalue weighted by molar-refractivity contribution is 7.99. The Kier molecular flexibility index (Phi) is 6.24. The zero-order valence-corrected chi connectivity index (χ0v) is 10.7. The summed E-state index contributed by atoms with van der Waals surface area (Å²) in [4.78, 5) is 22.0. The Morgan fingerprint density at radius 3 is 2.50 bits per heavy atom. The van der Waals surface area contributed by atoms with Gasteiger partial charge in [-0.15, -0.1) is 0 Å². The molecule has 0 saturated heterocycles. The highest BCUT2D eigenvalue weighted by Crippen LogP contribution is 2.11. The minimum Gasteiger partial charge on any atom is -0.481 e. The highest BCUT2D eigenvalue weighted by Gasteiger charge is 2.03. The van der Waals surface area contributed by atoms with Gasteiger partial charge in [-0.3, -0.25) is 9.59 Å². The molecular weight excluding hydrogens is 252 g/mol. The number of carboxylic acids is 1. The summed E-state index contributed by atoms with van der Waals surface area (Å²) in [6.07, 6.45) is -0.0133. The Morgan fingerprint density at radius 1 is 1.28 bits per heavy atom. The average Bonchev–Trinajstić information content (AvgIpc) is 2.31. The Morgan fingerprint density at radius 2 is 1.94 bits per heavy atom. The summed E-state index contributed by atoms with van der Waals surface area (Å²) in [6, 6.07) is 6.78. The number of hydrogen-bond acceptors (Lipinski definition) is 4. The molecule has 0 heterocycles. The molecule has 98 valence electrons. The number of carbonyl (C=O) groups excluding carboxylic acids is 1. The van der Waals surface area contributed by atoms with Gasteiger partial charge in [-0.05, 0) is 17.7 Å². The van der Waals surface area contributed by atoms with E-state index in [1.165, 1.54) is 11.8 Å². The predicted molar refractivity (Wildman–Crippen MR) is 72.8 cm³/mol. The standard InChI is InChI=1S/C12H16N2O3S/c13-5-6-18-8-11(15)14-10-3-1-9(2-4-10)7-12(16)17/h1-4H,5-8,13H2,(H,14,15)(H,16,17). The van der Waals surface area contributed by atoms with Gasteiger partial charge in [0.2, 0.25) is 5.91 Å². The number of hydrogen-bond donors (Lipinski definition) is 3. The van der Waals surface area contributed by atoms with Crippen LogP contribution in [0, 0.1) is 0 Å². The first kappa shape index (κ1) is 14.5. The lowest BCUT2D eigenvalue weighted by atomic mass is 10.1. The van der Waals surface area contributed by atoms with Crippen molar-refractivity contribution in [2.45, 2.75) is 6.42 Å². The fourth-order valence-electron chi connectivity index (χ4n) is 1.33. The fourth-order valence-corrected chi connectivity index (χ4v) is 1.89. The van der Waals surface area contributed by atoms with E-state index in [9.17, 15) is 9.59 Å². The van der Waals surface area contributed by atoms with Gasteiger partial charge in [0.1, 0.15) is 0 Å². The molecule has 0 bridgehead atoms. The van der Waals surface area contributed by atoms with Gasteiger partial charge < -0.3 is 16.2 Å². The monoisotopic (exact) mass is 268 g/mol. The Balaban J connectivity index is 2.43. The molecule has 0 unspecified atom stereocenters. The molecule has 5 nitrogen and oxygen atoms in total. The SMILES string of the molecule is NCCSCC(=O)Nc1ccc(CC(=O)O)cc1. The molecule has 0 aromatic heterocycles. The molecule has 1 rings (SSSR count). The second-order valence-corrected chi connectivity index (χ2v) is 4.76. The Hall–Kier alpha value is -1.53. The van der Waals surface area contributed by atoms with Crippen LogP contribution in [0.15, 0.2) is 24.3 Å². The van der Waals surface area contributed by atoms with Crippen LogP contribution in [0.2, 0.25) is 0 Å². The van der Waals surface area contributed by atoms with Crippen molar-refractivity contribution < 1.29 is 14.7 Å². The van der Waals surface area contributed by atoms with Crippen LogP contribution in [0.1, 0.15) is 5.56 Å². The van der Waals surface area contributed by atoms with Crippen molar-refractivity contribution in [2.24, 2.45) is 5.73 Å². The van der Waals surface area contributed by atoms with E-state index in [4.69, 9.17) is 10.8 Å². The summed E-state index contributed by atoms with van der Waals surface area (Å²) in [6.45, 7) is 0.557. The topological polar surface area (TPSA) is 92.4 Å². The van der Waals surface area contributed by atoms with E-state index in [1.807, 2.05) is 0 Å². The third-order valence-electron chi connectivity index (χ3n) is 2.09. The van der Waals surface area contributed by atoms with Crippen LogP contribution in [0.3, 0.4) is 0 Å². The third kappa shape index (κ3) is 5.70. The minimum atomic E-state index is -0.870. The maximum absolute atomic E-state index is 11.5. The number of carbonyl (C=O) groups is 2. The van der Waals surface area contributed by atoms with Crippen LogP contribution >= 0.6 is 11.8 Å². The summed E-state index contributed by atoms with van der Waals surface area (Å²) < 4.78 is 0. The molecule has 0 radical (unpaired) electrons. The molecule has 0 spiro atoms. The number of anilines is 1. The maximum atomic E-state index is 11.5. The lowest BCUT2D eigenvalue weighted by Gasteiger charge is -2.05. The van der Waals surface area contributed by atoms with Crippen molar-refractivity contribution in [3.8, 4) is 0 Å². The van der Waals surface area contributed by atoms with E-state index >= 15 is 0 Å². The molecule has 0 aliphatic carbocycles. The first-order valence-electron chi connectivity index (χ1n) is 5.50. The van der Waals surface area contributed by atoms with Crippen LogP contribution in [0.5, 0.6) is 0 Å². The second-order valence-electron chi connectivity index (χ2n) is 3.66. The van der Waals surface area contributed by atoms with Crippen molar-refractivity contribution >= 4 is 29.3 Å². The van der Waals surface area contributed by atoms with Crippen molar-refractivity contribution in [2.75, 3.05) is 23.4 Å². The number of aliphatic carboxylic acids is 1. The number of carboxylic acid groups (broad SMARTS) is 1. The van der Waals surface area contributed by atoms with Gasteiger partial charge in [0.25, 0.3) is 0 Å². The van der Waals surface area contributed by atoms with Crippen molar-refractivity contribution in [1.29, 1.82) is 0 Å². The van der Waals surface area contributed by atoms with Crippen molar-refractivity contribution in [3.05, 3.63) is 29.8 Å².